The van der Waals surface area contributed by atoms with Gasteiger partial charge in [-0.05, 0) is 36.9 Å². The highest BCUT2D eigenvalue weighted by Crippen LogP contribution is 2.35. The van der Waals surface area contributed by atoms with Crippen molar-refractivity contribution >= 4 is 41.0 Å². The van der Waals surface area contributed by atoms with Crippen molar-refractivity contribution in [2.45, 2.75) is 26.3 Å². The molecule has 9 nitrogen and oxygen atoms in total. The van der Waals surface area contributed by atoms with E-state index in [1.807, 2.05) is 19.1 Å². The molecular formula is C24H25BN6O3. The highest BCUT2D eigenvalue weighted by molar-refractivity contribution is 6.58. The number of anilines is 2. The van der Waals surface area contributed by atoms with Crippen molar-refractivity contribution in [1.82, 2.24) is 15.0 Å². The van der Waals surface area contributed by atoms with E-state index in [0.717, 1.165) is 58.8 Å². The number of aryl methyl sites for hydroxylation is 1. The standard InChI is InChI=1S/C24H25BN6O3/c1-13-19(16-7-3-8-17(21(26)32)20(16)29-13)24-30-22-18(9-4-10-27-22)23(31-24)28-12-14-5-2-6-15(11-14)25(33)34/h2-3,5-8,11,29,33-34H,4,9-10,12H2,1H3,(H2,26,32)(H2,27,28,30,31). The topological polar surface area (TPSA) is 149 Å². The molecule has 0 radical (unpaired) electrons. The fourth-order valence-corrected chi connectivity index (χ4v) is 4.49. The van der Waals surface area contributed by atoms with Crippen LogP contribution in [-0.2, 0) is 13.0 Å². The molecular weight excluding hydrogens is 431 g/mol. The summed E-state index contributed by atoms with van der Waals surface area (Å²) in [4.78, 5) is 24.9. The molecule has 34 heavy (non-hydrogen) atoms. The average molecular weight is 456 g/mol. The summed E-state index contributed by atoms with van der Waals surface area (Å²) in [7, 11) is -1.52. The predicted molar refractivity (Wildman–Crippen MR) is 133 cm³/mol. The van der Waals surface area contributed by atoms with Crippen molar-refractivity contribution in [3.05, 3.63) is 64.8 Å². The Morgan fingerprint density at radius 1 is 1.21 bits per heavy atom. The number of hydrogen-bond donors (Lipinski definition) is 6. The summed E-state index contributed by atoms with van der Waals surface area (Å²) < 4.78 is 0. The molecule has 0 unspecified atom stereocenters. The highest BCUT2D eigenvalue weighted by atomic mass is 16.4. The van der Waals surface area contributed by atoms with E-state index < -0.39 is 13.0 Å². The van der Waals surface area contributed by atoms with Crippen molar-refractivity contribution in [3.63, 3.8) is 0 Å². The van der Waals surface area contributed by atoms with Crippen LogP contribution in [0.3, 0.4) is 0 Å². The van der Waals surface area contributed by atoms with E-state index in [-0.39, 0.29) is 0 Å². The number of fused-ring (bicyclic) bond motifs is 2. The first-order chi connectivity index (χ1) is 16.4. The maximum atomic E-state index is 11.9. The molecule has 4 aromatic rings. The number of nitrogens with one attached hydrogen (secondary N) is 3. The van der Waals surface area contributed by atoms with Crippen LogP contribution >= 0.6 is 0 Å². The van der Waals surface area contributed by atoms with Gasteiger partial charge >= 0.3 is 7.12 Å². The number of amides is 1. The number of aromatic amines is 1. The predicted octanol–water partition coefficient (Wildman–Crippen LogP) is 1.68. The summed E-state index contributed by atoms with van der Waals surface area (Å²) in [5, 5.41) is 26.6. The third-order valence-electron chi connectivity index (χ3n) is 6.12. The summed E-state index contributed by atoms with van der Waals surface area (Å²) in [6.07, 6.45) is 1.82. The Balaban J connectivity index is 1.57. The zero-order valence-corrected chi connectivity index (χ0v) is 18.7. The molecule has 0 aliphatic carbocycles. The Morgan fingerprint density at radius 3 is 2.82 bits per heavy atom. The van der Waals surface area contributed by atoms with Crippen LogP contribution < -0.4 is 21.8 Å². The normalized spacial score (nSPS) is 12.8. The summed E-state index contributed by atoms with van der Waals surface area (Å²) in [6, 6.07) is 12.6. The zero-order valence-electron chi connectivity index (χ0n) is 18.7. The third kappa shape index (κ3) is 3.97. The molecule has 0 bridgehead atoms. The van der Waals surface area contributed by atoms with Crippen molar-refractivity contribution in [1.29, 1.82) is 0 Å². The number of nitrogens with zero attached hydrogens (tertiary/aromatic N) is 2. The lowest BCUT2D eigenvalue weighted by molar-refractivity contribution is 0.100. The Morgan fingerprint density at radius 2 is 2.03 bits per heavy atom. The number of aromatic nitrogens is 3. The van der Waals surface area contributed by atoms with Crippen molar-refractivity contribution < 1.29 is 14.8 Å². The van der Waals surface area contributed by atoms with Gasteiger partial charge in [0.25, 0.3) is 5.91 Å². The lowest BCUT2D eigenvalue weighted by Gasteiger charge is -2.21. The van der Waals surface area contributed by atoms with Gasteiger partial charge < -0.3 is 31.4 Å². The fourth-order valence-electron chi connectivity index (χ4n) is 4.49. The van der Waals surface area contributed by atoms with Gasteiger partial charge in [0, 0.05) is 35.3 Å². The van der Waals surface area contributed by atoms with Gasteiger partial charge in [0.2, 0.25) is 0 Å². The van der Waals surface area contributed by atoms with Crippen molar-refractivity contribution in [2.24, 2.45) is 5.73 Å². The monoisotopic (exact) mass is 456 g/mol. The summed E-state index contributed by atoms with van der Waals surface area (Å²) in [6.45, 7) is 3.22. The molecule has 0 saturated heterocycles. The van der Waals surface area contributed by atoms with Gasteiger partial charge in [-0.3, -0.25) is 4.79 Å². The number of benzene rings is 2. The summed E-state index contributed by atoms with van der Waals surface area (Å²) in [5.41, 5.74) is 10.7. The Bertz CT molecular complexity index is 1400. The van der Waals surface area contributed by atoms with Gasteiger partial charge in [-0.25, -0.2) is 9.97 Å². The molecule has 0 fully saturated rings. The van der Waals surface area contributed by atoms with Crippen LogP contribution in [0.2, 0.25) is 0 Å². The number of rotatable bonds is 6. The number of hydrogen-bond acceptors (Lipinski definition) is 7. The first-order valence-electron chi connectivity index (χ1n) is 11.2. The second kappa shape index (κ2) is 8.81. The van der Waals surface area contributed by atoms with Crippen molar-refractivity contribution in [3.8, 4) is 11.4 Å². The van der Waals surface area contributed by atoms with E-state index in [2.05, 4.69) is 15.6 Å². The lowest BCUT2D eigenvalue weighted by Crippen LogP contribution is -2.30. The molecule has 2 aromatic carbocycles. The molecule has 1 aliphatic rings. The smallest absolute Gasteiger partial charge is 0.423 e. The van der Waals surface area contributed by atoms with E-state index in [0.29, 0.717) is 28.9 Å². The fraction of sp³-hybridized carbons (Fsp3) is 0.208. The van der Waals surface area contributed by atoms with E-state index >= 15 is 0 Å². The van der Waals surface area contributed by atoms with Gasteiger partial charge in [-0.1, -0.05) is 36.4 Å². The average Bonchev–Trinajstić information content (AvgIpc) is 3.18. The van der Waals surface area contributed by atoms with E-state index in [1.54, 1.807) is 30.3 Å². The van der Waals surface area contributed by atoms with Gasteiger partial charge in [0.15, 0.2) is 5.82 Å². The molecule has 172 valence electrons. The summed E-state index contributed by atoms with van der Waals surface area (Å²) >= 11 is 0. The van der Waals surface area contributed by atoms with Gasteiger partial charge in [-0.2, -0.15) is 0 Å². The van der Waals surface area contributed by atoms with Crippen LogP contribution in [-0.4, -0.2) is 44.6 Å². The van der Waals surface area contributed by atoms with Crippen LogP contribution in [0.5, 0.6) is 0 Å². The largest absolute Gasteiger partial charge is 0.488 e. The lowest BCUT2D eigenvalue weighted by atomic mass is 9.79. The number of primary amides is 1. The number of carbonyl (C=O) groups excluding carboxylic acids is 1. The number of H-pyrrole nitrogens is 1. The molecule has 5 rings (SSSR count). The maximum absolute atomic E-state index is 11.9. The highest BCUT2D eigenvalue weighted by Gasteiger charge is 2.22. The van der Waals surface area contributed by atoms with Crippen molar-refractivity contribution in [2.75, 3.05) is 17.2 Å². The minimum absolute atomic E-state index is 0.423. The number of nitrogens with two attached hydrogens (primary N) is 1. The SMILES string of the molecule is Cc1[nH]c2c(C(N)=O)cccc2c1-c1nc2c(c(NCc3cccc(B(O)O)c3)n1)CCCN2. The second-order valence-corrected chi connectivity index (χ2v) is 8.44. The van der Waals surface area contributed by atoms with Crippen LogP contribution in [0.25, 0.3) is 22.3 Å². The van der Waals surface area contributed by atoms with Crippen LogP contribution in [0.4, 0.5) is 11.6 Å². The molecule has 0 spiro atoms. The minimum Gasteiger partial charge on any atom is -0.423 e. The molecule has 10 heteroatoms. The zero-order chi connectivity index (χ0) is 23.8. The van der Waals surface area contributed by atoms with Gasteiger partial charge in [-0.15, -0.1) is 0 Å². The Hall–Kier alpha value is -3.89. The Labute approximate surface area is 196 Å². The van der Waals surface area contributed by atoms with E-state index in [4.69, 9.17) is 15.7 Å². The van der Waals surface area contributed by atoms with E-state index in [9.17, 15) is 14.8 Å². The number of carbonyl (C=O) groups is 1. The first-order valence-corrected chi connectivity index (χ1v) is 11.2. The second-order valence-electron chi connectivity index (χ2n) is 8.44. The third-order valence-corrected chi connectivity index (χ3v) is 6.12. The molecule has 7 N–H and O–H groups in total. The van der Waals surface area contributed by atoms with Crippen LogP contribution in [0.1, 0.15) is 33.6 Å². The van der Waals surface area contributed by atoms with Gasteiger partial charge in [0.1, 0.15) is 11.6 Å². The first kappa shape index (κ1) is 21.9. The molecule has 3 heterocycles. The van der Waals surface area contributed by atoms with E-state index in [1.165, 1.54) is 0 Å². The van der Waals surface area contributed by atoms with Crippen LogP contribution in [0.15, 0.2) is 42.5 Å². The molecule has 2 aromatic heterocycles. The van der Waals surface area contributed by atoms with Crippen LogP contribution in [0, 0.1) is 6.92 Å². The molecule has 0 atom stereocenters. The molecule has 1 amide bonds. The Kier molecular flexibility index (Phi) is 5.68. The minimum atomic E-state index is -1.52. The molecule has 1 aliphatic heterocycles. The maximum Gasteiger partial charge on any atom is 0.488 e. The van der Waals surface area contributed by atoms with Gasteiger partial charge in [0.05, 0.1) is 11.1 Å². The molecule has 0 saturated carbocycles. The number of para-hydroxylation sites is 1. The summed E-state index contributed by atoms with van der Waals surface area (Å²) in [5.74, 6) is 1.56. The quantitative estimate of drug-likeness (QED) is 0.242.